The largest absolute Gasteiger partial charge is 0.266 e. The number of nitrogens with zero attached hydrogens (tertiary/aromatic N) is 5. The maximum atomic E-state index is 13.2. The van der Waals surface area contributed by atoms with Crippen molar-refractivity contribution in [2.24, 2.45) is 0 Å². The molecule has 0 aliphatic heterocycles. The van der Waals surface area contributed by atoms with E-state index in [2.05, 4.69) is 19.9 Å². The average Bonchev–Trinajstić information content (AvgIpc) is 3.39. The minimum absolute atomic E-state index is 0.0775. The molecule has 0 amide bonds. The molecule has 4 rings (SSSR count). The van der Waals surface area contributed by atoms with Crippen LogP contribution in [-0.2, 0) is 16.6 Å². The van der Waals surface area contributed by atoms with Gasteiger partial charge in [-0.25, -0.2) is 32.7 Å². The van der Waals surface area contributed by atoms with E-state index in [1.165, 1.54) is 27.0 Å². The van der Waals surface area contributed by atoms with Crippen LogP contribution >= 0.6 is 22.7 Å². The van der Waals surface area contributed by atoms with Gasteiger partial charge < -0.3 is 0 Å². The Labute approximate surface area is 164 Å². The number of aromatic nitrogens is 4. The predicted octanol–water partition coefficient (Wildman–Crippen LogP) is 3.45. The molecular weight excluding hydrogens is 402 g/mol. The van der Waals surface area contributed by atoms with Gasteiger partial charge in [0.15, 0.2) is 16.0 Å². The standard InChI is InChI=1S/C17H13N5O2S3/c23-27(24,14-5-2-1-3-6-14)22(17-20-9-10-25-17)11-13-12-26-16(21-13)15-18-7-4-8-19-15/h1-10,12H,11H2. The van der Waals surface area contributed by atoms with Crippen LogP contribution < -0.4 is 4.31 Å². The highest BCUT2D eigenvalue weighted by Gasteiger charge is 2.27. The summed E-state index contributed by atoms with van der Waals surface area (Å²) in [6.45, 7) is 0.0775. The van der Waals surface area contributed by atoms with Gasteiger partial charge in [-0.1, -0.05) is 18.2 Å². The van der Waals surface area contributed by atoms with Crippen molar-refractivity contribution in [2.75, 3.05) is 4.31 Å². The van der Waals surface area contributed by atoms with E-state index in [0.29, 0.717) is 21.7 Å². The molecule has 0 bridgehead atoms. The topological polar surface area (TPSA) is 88.9 Å². The van der Waals surface area contributed by atoms with Gasteiger partial charge in [0.25, 0.3) is 10.0 Å². The molecule has 0 aliphatic rings. The molecule has 7 nitrogen and oxygen atoms in total. The Morgan fingerprint density at radius 3 is 2.41 bits per heavy atom. The third-order valence-electron chi connectivity index (χ3n) is 3.58. The molecule has 0 N–H and O–H groups in total. The molecule has 3 heterocycles. The van der Waals surface area contributed by atoms with Crippen molar-refractivity contribution >= 4 is 37.8 Å². The fourth-order valence-corrected chi connectivity index (χ4v) is 5.39. The van der Waals surface area contributed by atoms with Gasteiger partial charge in [0, 0.05) is 29.4 Å². The minimum Gasteiger partial charge on any atom is -0.236 e. The highest BCUT2D eigenvalue weighted by molar-refractivity contribution is 7.93. The lowest BCUT2D eigenvalue weighted by atomic mass is 10.4. The molecule has 0 saturated carbocycles. The first-order chi connectivity index (χ1) is 13.1. The van der Waals surface area contributed by atoms with Gasteiger partial charge in [-0.3, -0.25) is 0 Å². The molecule has 0 radical (unpaired) electrons. The molecule has 3 aromatic heterocycles. The van der Waals surface area contributed by atoms with Gasteiger partial charge >= 0.3 is 0 Å². The summed E-state index contributed by atoms with van der Waals surface area (Å²) in [7, 11) is -3.76. The van der Waals surface area contributed by atoms with Gasteiger partial charge in [-0.05, 0) is 18.2 Å². The van der Waals surface area contributed by atoms with E-state index in [4.69, 9.17) is 0 Å². The Morgan fingerprint density at radius 2 is 1.70 bits per heavy atom. The van der Waals surface area contributed by atoms with Crippen molar-refractivity contribution in [3.05, 3.63) is 71.4 Å². The first-order valence-corrected chi connectivity index (χ1v) is 11.0. The monoisotopic (exact) mass is 415 g/mol. The van der Waals surface area contributed by atoms with Crippen LogP contribution in [0.1, 0.15) is 5.69 Å². The zero-order valence-electron chi connectivity index (χ0n) is 13.8. The van der Waals surface area contributed by atoms with Crippen LogP contribution in [0.4, 0.5) is 5.13 Å². The summed E-state index contributed by atoms with van der Waals surface area (Å²) in [5.74, 6) is 0.514. The molecule has 0 spiro atoms. The van der Waals surface area contributed by atoms with Gasteiger partial charge in [-0.2, -0.15) is 0 Å². The van der Waals surface area contributed by atoms with Gasteiger partial charge in [0.2, 0.25) is 0 Å². The first kappa shape index (κ1) is 17.7. The van der Waals surface area contributed by atoms with E-state index in [0.717, 1.165) is 0 Å². The SMILES string of the molecule is O=S(=O)(c1ccccc1)N(Cc1csc(-c2ncccn2)n1)c1nccs1. The normalized spacial score (nSPS) is 11.4. The predicted molar refractivity (Wildman–Crippen MR) is 105 cm³/mol. The minimum atomic E-state index is -3.76. The molecule has 0 aliphatic carbocycles. The second-order valence-corrected chi connectivity index (χ2v) is 8.95. The zero-order chi connectivity index (χ0) is 18.7. The number of rotatable bonds is 6. The molecule has 10 heteroatoms. The Kier molecular flexibility index (Phi) is 4.92. The lowest BCUT2D eigenvalue weighted by Gasteiger charge is -2.20. The highest BCUT2D eigenvalue weighted by atomic mass is 32.2. The zero-order valence-corrected chi connectivity index (χ0v) is 16.3. The van der Waals surface area contributed by atoms with Gasteiger partial charge in [0.05, 0.1) is 17.1 Å². The third-order valence-corrected chi connectivity index (χ3v) is 7.13. The molecule has 136 valence electrons. The van der Waals surface area contributed by atoms with Crippen molar-refractivity contribution in [2.45, 2.75) is 11.4 Å². The molecular formula is C17H13N5O2S3. The van der Waals surface area contributed by atoms with Crippen LogP contribution in [0.3, 0.4) is 0 Å². The quantitative estimate of drug-likeness (QED) is 0.479. The Morgan fingerprint density at radius 1 is 0.926 bits per heavy atom. The first-order valence-electron chi connectivity index (χ1n) is 7.84. The third kappa shape index (κ3) is 3.72. The lowest BCUT2D eigenvalue weighted by Crippen LogP contribution is -2.30. The lowest BCUT2D eigenvalue weighted by molar-refractivity contribution is 0.590. The van der Waals surface area contributed by atoms with Crippen molar-refractivity contribution < 1.29 is 8.42 Å². The maximum absolute atomic E-state index is 13.2. The van der Waals surface area contributed by atoms with Crippen molar-refractivity contribution in [3.63, 3.8) is 0 Å². The highest BCUT2D eigenvalue weighted by Crippen LogP contribution is 2.29. The summed E-state index contributed by atoms with van der Waals surface area (Å²) in [6.07, 6.45) is 4.87. The smallest absolute Gasteiger partial charge is 0.236 e. The van der Waals surface area contributed by atoms with Crippen LogP contribution in [0.15, 0.2) is 70.6 Å². The van der Waals surface area contributed by atoms with E-state index in [9.17, 15) is 8.42 Å². The summed E-state index contributed by atoms with van der Waals surface area (Å²) in [5, 5.41) is 4.59. The van der Waals surface area contributed by atoms with E-state index >= 15 is 0 Å². The number of hydrogen-bond acceptors (Lipinski definition) is 8. The molecule has 0 atom stereocenters. The second kappa shape index (κ2) is 7.51. The Bertz CT molecular complexity index is 1110. The number of thiazole rings is 2. The fourth-order valence-electron chi connectivity index (χ4n) is 2.35. The average molecular weight is 416 g/mol. The summed E-state index contributed by atoms with van der Waals surface area (Å²) >= 11 is 2.64. The van der Waals surface area contributed by atoms with Crippen LogP contribution in [0.2, 0.25) is 0 Å². The Hall–Kier alpha value is -2.69. The van der Waals surface area contributed by atoms with E-state index in [1.807, 2.05) is 5.38 Å². The Balaban J connectivity index is 1.69. The molecule has 1 aromatic carbocycles. The van der Waals surface area contributed by atoms with Crippen LogP contribution in [-0.4, -0.2) is 28.4 Å². The van der Waals surface area contributed by atoms with E-state index in [1.54, 1.807) is 60.4 Å². The summed E-state index contributed by atoms with van der Waals surface area (Å²) in [6, 6.07) is 10.0. The van der Waals surface area contributed by atoms with Crippen LogP contribution in [0.25, 0.3) is 10.8 Å². The fraction of sp³-hybridized carbons (Fsp3) is 0.0588. The second-order valence-electron chi connectivity index (χ2n) is 5.36. The summed E-state index contributed by atoms with van der Waals surface area (Å²) in [5.41, 5.74) is 0.608. The number of anilines is 1. The van der Waals surface area contributed by atoms with Crippen molar-refractivity contribution in [1.82, 2.24) is 19.9 Å². The summed E-state index contributed by atoms with van der Waals surface area (Å²) in [4.78, 5) is 17.3. The van der Waals surface area contributed by atoms with Crippen molar-refractivity contribution in [3.8, 4) is 10.8 Å². The molecule has 0 saturated heterocycles. The number of sulfonamides is 1. The van der Waals surface area contributed by atoms with Crippen LogP contribution in [0.5, 0.6) is 0 Å². The number of benzene rings is 1. The summed E-state index contributed by atoms with van der Waals surface area (Å²) < 4.78 is 27.6. The van der Waals surface area contributed by atoms with Crippen molar-refractivity contribution in [1.29, 1.82) is 0 Å². The van der Waals surface area contributed by atoms with Gasteiger partial charge in [0.1, 0.15) is 0 Å². The van der Waals surface area contributed by atoms with Gasteiger partial charge in [-0.15, -0.1) is 22.7 Å². The number of hydrogen-bond donors (Lipinski definition) is 0. The molecule has 27 heavy (non-hydrogen) atoms. The van der Waals surface area contributed by atoms with E-state index in [-0.39, 0.29) is 11.4 Å². The molecule has 0 unspecified atom stereocenters. The van der Waals surface area contributed by atoms with Crippen LogP contribution in [0, 0.1) is 0 Å². The molecule has 0 fully saturated rings. The van der Waals surface area contributed by atoms with E-state index < -0.39 is 10.0 Å². The molecule has 4 aromatic rings. The maximum Gasteiger partial charge on any atom is 0.266 e.